The Kier molecular flexibility index (Phi) is 6.02. The molecule has 21 heavy (non-hydrogen) atoms. The van der Waals surface area contributed by atoms with Gasteiger partial charge in [-0.25, -0.2) is 4.79 Å². The van der Waals surface area contributed by atoms with Gasteiger partial charge in [0.15, 0.2) is 0 Å². The van der Waals surface area contributed by atoms with Crippen molar-refractivity contribution in [1.82, 2.24) is 9.13 Å². The van der Waals surface area contributed by atoms with Crippen LogP contribution in [0.15, 0.2) is 9.59 Å². The maximum Gasteiger partial charge on any atom is 0.332 e. The fourth-order valence-corrected chi connectivity index (χ4v) is 2.35. The molecule has 0 aliphatic rings. The van der Waals surface area contributed by atoms with E-state index in [1.165, 1.54) is 11.6 Å². The summed E-state index contributed by atoms with van der Waals surface area (Å²) in [7, 11) is 1.46. The van der Waals surface area contributed by atoms with Crippen molar-refractivity contribution >= 4 is 11.5 Å². The van der Waals surface area contributed by atoms with Crippen LogP contribution in [0.25, 0.3) is 0 Å². The highest BCUT2D eigenvalue weighted by Gasteiger charge is 2.22. The Bertz CT molecular complexity index is 589. The second-order valence-electron chi connectivity index (χ2n) is 5.40. The molecule has 0 unspecified atom stereocenters. The van der Waals surface area contributed by atoms with Crippen molar-refractivity contribution in [2.24, 2.45) is 7.05 Å². The quantitative estimate of drug-likeness (QED) is 0.746. The van der Waals surface area contributed by atoms with Gasteiger partial charge in [0.2, 0.25) is 0 Å². The summed E-state index contributed by atoms with van der Waals surface area (Å²) in [6.07, 6.45) is 1.29. The van der Waals surface area contributed by atoms with E-state index >= 15 is 0 Å². The van der Waals surface area contributed by atoms with Crippen molar-refractivity contribution in [2.45, 2.75) is 46.2 Å². The molecule has 1 rings (SSSR count). The molecule has 0 aliphatic heterocycles. The topological polar surface area (TPSA) is 93.5 Å². The molecule has 3 N–H and O–H groups in total. The predicted octanol–water partition coefficient (Wildman–Crippen LogP) is 0.136. The summed E-state index contributed by atoms with van der Waals surface area (Å²) in [5.74, 6) is 0.205. The normalized spacial score (nSPS) is 11.1. The highest BCUT2D eigenvalue weighted by Crippen LogP contribution is 2.19. The molecule has 0 spiro atoms. The Labute approximate surface area is 124 Å². The molecule has 120 valence electrons. The van der Waals surface area contributed by atoms with E-state index in [1.807, 2.05) is 25.7 Å². The minimum atomic E-state index is -0.394. The average Bonchev–Trinajstić information content (AvgIpc) is 2.44. The van der Waals surface area contributed by atoms with Crippen molar-refractivity contribution in [1.29, 1.82) is 0 Å². The largest absolute Gasteiger partial charge is 0.396 e. The van der Waals surface area contributed by atoms with Crippen LogP contribution in [-0.2, 0) is 13.6 Å². The molecule has 0 saturated carbocycles. The summed E-state index contributed by atoms with van der Waals surface area (Å²) in [6.45, 7) is 6.87. The molecule has 0 radical (unpaired) electrons. The molecular formula is C14H26N4O3. The molecule has 1 heterocycles. The van der Waals surface area contributed by atoms with Crippen LogP contribution >= 0.6 is 0 Å². The first-order valence-corrected chi connectivity index (χ1v) is 7.33. The van der Waals surface area contributed by atoms with E-state index in [0.29, 0.717) is 25.2 Å². The SMILES string of the molecule is CCCn1c(N)c(N(CCCO)C(C)C)c(=O)n(C)c1=O. The van der Waals surface area contributed by atoms with Crippen molar-refractivity contribution < 1.29 is 5.11 Å². The van der Waals surface area contributed by atoms with Crippen molar-refractivity contribution in [3.63, 3.8) is 0 Å². The van der Waals surface area contributed by atoms with Crippen LogP contribution in [0, 0.1) is 0 Å². The molecule has 0 aromatic carbocycles. The third-order valence-electron chi connectivity index (χ3n) is 3.47. The summed E-state index contributed by atoms with van der Waals surface area (Å²) < 4.78 is 2.53. The van der Waals surface area contributed by atoms with Gasteiger partial charge in [-0.1, -0.05) is 6.92 Å². The molecule has 1 aromatic heterocycles. The number of nitrogens with zero attached hydrogens (tertiary/aromatic N) is 3. The molecule has 7 nitrogen and oxygen atoms in total. The highest BCUT2D eigenvalue weighted by atomic mass is 16.3. The predicted molar refractivity (Wildman–Crippen MR) is 84.8 cm³/mol. The van der Waals surface area contributed by atoms with E-state index in [4.69, 9.17) is 10.8 Å². The Morgan fingerprint density at radius 1 is 1.33 bits per heavy atom. The summed E-state index contributed by atoms with van der Waals surface area (Å²) in [6, 6.07) is 0.0409. The van der Waals surface area contributed by atoms with Gasteiger partial charge < -0.3 is 15.7 Å². The maximum atomic E-state index is 12.4. The number of hydrogen-bond donors (Lipinski definition) is 2. The van der Waals surface area contributed by atoms with E-state index < -0.39 is 11.2 Å². The molecule has 7 heteroatoms. The van der Waals surface area contributed by atoms with Crippen LogP contribution in [0.5, 0.6) is 0 Å². The molecule has 0 atom stereocenters. The van der Waals surface area contributed by atoms with E-state index in [1.54, 1.807) is 0 Å². The lowest BCUT2D eigenvalue weighted by atomic mass is 10.2. The van der Waals surface area contributed by atoms with Gasteiger partial charge in [-0.2, -0.15) is 0 Å². The van der Waals surface area contributed by atoms with Gasteiger partial charge in [-0.3, -0.25) is 13.9 Å². The van der Waals surface area contributed by atoms with Gasteiger partial charge in [-0.15, -0.1) is 0 Å². The van der Waals surface area contributed by atoms with Crippen molar-refractivity contribution in [2.75, 3.05) is 23.8 Å². The second kappa shape index (κ2) is 7.31. The Hall–Kier alpha value is -1.76. The number of aliphatic hydroxyl groups is 1. The van der Waals surface area contributed by atoms with Crippen molar-refractivity contribution in [3.05, 3.63) is 20.8 Å². The van der Waals surface area contributed by atoms with Crippen LogP contribution < -0.4 is 21.9 Å². The van der Waals surface area contributed by atoms with Crippen LogP contribution in [0.2, 0.25) is 0 Å². The monoisotopic (exact) mass is 298 g/mol. The first-order chi connectivity index (χ1) is 9.86. The van der Waals surface area contributed by atoms with E-state index in [2.05, 4.69) is 0 Å². The van der Waals surface area contributed by atoms with Crippen LogP contribution in [0.1, 0.15) is 33.6 Å². The lowest BCUT2D eigenvalue weighted by Gasteiger charge is -2.30. The molecule has 0 fully saturated rings. The number of aliphatic hydroxyl groups excluding tert-OH is 1. The smallest absolute Gasteiger partial charge is 0.332 e. The average molecular weight is 298 g/mol. The van der Waals surface area contributed by atoms with E-state index in [0.717, 1.165) is 11.0 Å². The summed E-state index contributed by atoms with van der Waals surface area (Å²) >= 11 is 0. The Balaban J connectivity index is 3.52. The molecule has 1 aromatic rings. The van der Waals surface area contributed by atoms with Gasteiger partial charge in [0, 0.05) is 32.8 Å². The number of aromatic nitrogens is 2. The minimum absolute atomic E-state index is 0.0397. The zero-order valence-corrected chi connectivity index (χ0v) is 13.3. The van der Waals surface area contributed by atoms with E-state index in [-0.39, 0.29) is 18.5 Å². The molecule has 0 amide bonds. The molecule has 0 bridgehead atoms. The van der Waals surface area contributed by atoms with Gasteiger partial charge in [0.1, 0.15) is 11.5 Å². The van der Waals surface area contributed by atoms with Gasteiger partial charge >= 0.3 is 5.69 Å². The standard InChI is InChI=1S/C14H26N4O3/c1-5-7-18-12(15)11(13(20)16(4)14(18)21)17(10(2)3)8-6-9-19/h10,19H,5-9,15H2,1-4H3. The first kappa shape index (κ1) is 17.3. The number of hydrogen-bond acceptors (Lipinski definition) is 5. The van der Waals surface area contributed by atoms with Gasteiger partial charge in [0.05, 0.1) is 0 Å². The van der Waals surface area contributed by atoms with Gasteiger partial charge in [-0.05, 0) is 26.7 Å². The summed E-state index contributed by atoms with van der Waals surface area (Å²) in [5.41, 5.74) is 5.65. The zero-order chi connectivity index (χ0) is 16.2. The summed E-state index contributed by atoms with van der Waals surface area (Å²) in [4.78, 5) is 26.4. The zero-order valence-electron chi connectivity index (χ0n) is 13.3. The fraction of sp³-hybridized carbons (Fsp3) is 0.714. The minimum Gasteiger partial charge on any atom is -0.396 e. The lowest BCUT2D eigenvalue weighted by Crippen LogP contribution is -2.45. The molecule has 0 aliphatic carbocycles. The van der Waals surface area contributed by atoms with Crippen molar-refractivity contribution in [3.8, 4) is 0 Å². The molecular weight excluding hydrogens is 272 g/mol. The second-order valence-corrected chi connectivity index (χ2v) is 5.40. The summed E-state index contributed by atoms with van der Waals surface area (Å²) in [5, 5.41) is 9.02. The lowest BCUT2D eigenvalue weighted by molar-refractivity contribution is 0.288. The number of nitrogen functional groups attached to an aromatic ring is 1. The third kappa shape index (κ3) is 3.47. The molecule has 0 saturated heterocycles. The third-order valence-corrected chi connectivity index (χ3v) is 3.47. The van der Waals surface area contributed by atoms with Crippen LogP contribution in [-0.4, -0.2) is 33.4 Å². The fourth-order valence-electron chi connectivity index (χ4n) is 2.35. The Morgan fingerprint density at radius 2 is 1.95 bits per heavy atom. The number of nitrogens with two attached hydrogens (primary N) is 1. The highest BCUT2D eigenvalue weighted by molar-refractivity contribution is 5.63. The number of rotatable bonds is 7. The van der Waals surface area contributed by atoms with Crippen LogP contribution in [0.4, 0.5) is 11.5 Å². The maximum absolute atomic E-state index is 12.4. The van der Waals surface area contributed by atoms with E-state index in [9.17, 15) is 9.59 Å². The number of anilines is 2. The first-order valence-electron chi connectivity index (χ1n) is 7.33. The van der Waals surface area contributed by atoms with Crippen LogP contribution in [0.3, 0.4) is 0 Å². The van der Waals surface area contributed by atoms with Gasteiger partial charge in [0.25, 0.3) is 5.56 Å². The Morgan fingerprint density at radius 3 is 2.43 bits per heavy atom.